The molecule has 0 radical (unpaired) electrons. The average Bonchev–Trinajstić information content (AvgIpc) is 2.49. The predicted molar refractivity (Wildman–Crippen MR) is 79.1 cm³/mol. The summed E-state index contributed by atoms with van der Waals surface area (Å²) in [6, 6.07) is 6.94. The summed E-state index contributed by atoms with van der Waals surface area (Å²) in [5.41, 5.74) is 0.464. The number of rotatable bonds is 5. The monoisotopic (exact) mass is 278 g/mol. The van der Waals surface area contributed by atoms with E-state index in [-0.39, 0.29) is 11.7 Å². The SMILES string of the molecule is CCC1CCCCN1C(=O)CCNc1ccccc1F. The van der Waals surface area contributed by atoms with Gasteiger partial charge in [-0.2, -0.15) is 0 Å². The maximum absolute atomic E-state index is 13.4. The van der Waals surface area contributed by atoms with Gasteiger partial charge in [0.1, 0.15) is 5.82 Å². The molecule has 0 aromatic heterocycles. The molecule has 1 fully saturated rings. The highest BCUT2D eigenvalue weighted by molar-refractivity contribution is 5.77. The third-order valence-electron chi connectivity index (χ3n) is 3.95. The van der Waals surface area contributed by atoms with Gasteiger partial charge in [-0.05, 0) is 37.8 Å². The van der Waals surface area contributed by atoms with Gasteiger partial charge in [-0.25, -0.2) is 4.39 Å². The minimum Gasteiger partial charge on any atom is -0.382 e. The van der Waals surface area contributed by atoms with E-state index in [4.69, 9.17) is 0 Å². The van der Waals surface area contributed by atoms with Crippen molar-refractivity contribution in [3.05, 3.63) is 30.1 Å². The summed E-state index contributed by atoms with van der Waals surface area (Å²) in [5.74, 6) is -0.0928. The zero-order valence-electron chi connectivity index (χ0n) is 12.1. The minimum atomic E-state index is -0.274. The highest BCUT2D eigenvalue weighted by Gasteiger charge is 2.24. The molecule has 3 nitrogen and oxygen atoms in total. The van der Waals surface area contributed by atoms with E-state index in [1.54, 1.807) is 18.2 Å². The molecular formula is C16H23FN2O. The van der Waals surface area contributed by atoms with Gasteiger partial charge in [-0.3, -0.25) is 4.79 Å². The number of para-hydroxylation sites is 1. The standard InChI is InChI=1S/C16H23FN2O/c1-2-13-7-5-6-12-19(13)16(20)10-11-18-15-9-4-3-8-14(15)17/h3-4,8-9,13,18H,2,5-7,10-12H2,1H3. The van der Waals surface area contributed by atoms with E-state index in [1.165, 1.54) is 12.5 Å². The Hall–Kier alpha value is -1.58. The fourth-order valence-corrected chi connectivity index (χ4v) is 2.81. The Morgan fingerprint density at radius 1 is 1.40 bits per heavy atom. The van der Waals surface area contributed by atoms with Gasteiger partial charge < -0.3 is 10.2 Å². The van der Waals surface area contributed by atoms with Gasteiger partial charge in [0.15, 0.2) is 0 Å². The number of likely N-dealkylation sites (tertiary alicyclic amines) is 1. The first kappa shape index (κ1) is 14.8. The highest BCUT2D eigenvalue weighted by atomic mass is 19.1. The van der Waals surface area contributed by atoms with Crippen LogP contribution in [0.1, 0.15) is 39.0 Å². The molecule has 1 aromatic carbocycles. The van der Waals surface area contributed by atoms with Crippen LogP contribution in [0.15, 0.2) is 24.3 Å². The summed E-state index contributed by atoms with van der Waals surface area (Å²) >= 11 is 0. The van der Waals surface area contributed by atoms with E-state index >= 15 is 0 Å². The molecule has 1 saturated heterocycles. The second kappa shape index (κ2) is 7.27. The Morgan fingerprint density at radius 2 is 2.20 bits per heavy atom. The number of nitrogens with one attached hydrogen (secondary N) is 1. The maximum atomic E-state index is 13.4. The molecule has 1 aliphatic heterocycles. The van der Waals surface area contributed by atoms with Crippen molar-refractivity contribution in [3.8, 4) is 0 Å². The van der Waals surface area contributed by atoms with Gasteiger partial charge in [-0.1, -0.05) is 19.1 Å². The molecule has 1 N–H and O–H groups in total. The van der Waals surface area contributed by atoms with Crippen molar-refractivity contribution in [1.29, 1.82) is 0 Å². The molecule has 0 aliphatic carbocycles. The molecule has 0 spiro atoms. The summed E-state index contributed by atoms with van der Waals surface area (Å²) in [7, 11) is 0. The van der Waals surface area contributed by atoms with Crippen molar-refractivity contribution < 1.29 is 9.18 Å². The lowest BCUT2D eigenvalue weighted by atomic mass is 9.99. The van der Waals surface area contributed by atoms with Crippen molar-refractivity contribution in [2.45, 2.75) is 45.1 Å². The Morgan fingerprint density at radius 3 is 2.95 bits per heavy atom. The first-order valence-electron chi connectivity index (χ1n) is 7.50. The molecule has 110 valence electrons. The molecule has 1 heterocycles. The summed E-state index contributed by atoms with van der Waals surface area (Å²) in [4.78, 5) is 14.2. The van der Waals surface area contributed by atoms with Gasteiger partial charge in [0.05, 0.1) is 5.69 Å². The van der Waals surface area contributed by atoms with Gasteiger partial charge >= 0.3 is 0 Å². The molecule has 0 saturated carbocycles. The summed E-state index contributed by atoms with van der Waals surface area (Å²) in [6.07, 6.45) is 4.87. The lowest BCUT2D eigenvalue weighted by Crippen LogP contribution is -2.43. The zero-order chi connectivity index (χ0) is 14.4. The number of hydrogen-bond acceptors (Lipinski definition) is 2. The fraction of sp³-hybridized carbons (Fsp3) is 0.562. The largest absolute Gasteiger partial charge is 0.382 e. The Labute approximate surface area is 120 Å². The smallest absolute Gasteiger partial charge is 0.224 e. The van der Waals surface area contributed by atoms with Crippen LogP contribution in [-0.2, 0) is 4.79 Å². The molecule has 1 atom stereocenters. The number of nitrogens with zero attached hydrogens (tertiary/aromatic N) is 1. The second-order valence-electron chi connectivity index (χ2n) is 5.30. The van der Waals surface area contributed by atoms with Crippen LogP contribution >= 0.6 is 0 Å². The molecular weight excluding hydrogens is 255 g/mol. The number of carbonyl (C=O) groups excluding carboxylic acids is 1. The van der Waals surface area contributed by atoms with Crippen LogP contribution in [0, 0.1) is 5.82 Å². The number of benzene rings is 1. The highest BCUT2D eigenvalue weighted by Crippen LogP contribution is 2.20. The fourth-order valence-electron chi connectivity index (χ4n) is 2.81. The van der Waals surface area contributed by atoms with E-state index in [9.17, 15) is 9.18 Å². The van der Waals surface area contributed by atoms with Crippen LogP contribution in [0.5, 0.6) is 0 Å². The van der Waals surface area contributed by atoms with Crippen molar-refractivity contribution in [2.75, 3.05) is 18.4 Å². The summed E-state index contributed by atoms with van der Waals surface area (Å²) < 4.78 is 13.4. The first-order chi connectivity index (χ1) is 9.72. The van der Waals surface area contributed by atoms with Crippen molar-refractivity contribution >= 4 is 11.6 Å². The third kappa shape index (κ3) is 3.71. The average molecular weight is 278 g/mol. The minimum absolute atomic E-state index is 0.181. The van der Waals surface area contributed by atoms with Gasteiger partial charge in [0, 0.05) is 25.6 Å². The third-order valence-corrected chi connectivity index (χ3v) is 3.95. The Balaban J connectivity index is 1.81. The predicted octanol–water partition coefficient (Wildman–Crippen LogP) is 3.42. The molecule has 1 amide bonds. The normalized spacial score (nSPS) is 18.9. The van der Waals surface area contributed by atoms with Crippen LogP contribution in [0.4, 0.5) is 10.1 Å². The van der Waals surface area contributed by atoms with Gasteiger partial charge in [0.25, 0.3) is 0 Å². The van der Waals surface area contributed by atoms with Crippen molar-refractivity contribution in [1.82, 2.24) is 4.90 Å². The Bertz CT molecular complexity index is 450. The molecule has 1 aliphatic rings. The Kier molecular flexibility index (Phi) is 5.39. The van der Waals surface area contributed by atoms with E-state index in [1.807, 2.05) is 4.90 Å². The summed E-state index contributed by atoms with van der Waals surface area (Å²) in [5, 5.41) is 2.99. The first-order valence-corrected chi connectivity index (χ1v) is 7.50. The number of anilines is 1. The second-order valence-corrected chi connectivity index (χ2v) is 5.30. The topological polar surface area (TPSA) is 32.3 Å². The van der Waals surface area contributed by atoms with Crippen LogP contribution in [-0.4, -0.2) is 29.9 Å². The van der Waals surface area contributed by atoms with E-state index in [0.29, 0.717) is 24.7 Å². The van der Waals surface area contributed by atoms with Crippen molar-refractivity contribution in [3.63, 3.8) is 0 Å². The molecule has 0 bridgehead atoms. The van der Waals surface area contributed by atoms with Gasteiger partial charge in [0.2, 0.25) is 5.91 Å². The molecule has 2 rings (SSSR count). The number of piperidine rings is 1. The number of amides is 1. The van der Waals surface area contributed by atoms with Crippen LogP contribution < -0.4 is 5.32 Å². The van der Waals surface area contributed by atoms with Crippen molar-refractivity contribution in [2.24, 2.45) is 0 Å². The number of carbonyl (C=O) groups is 1. The molecule has 1 unspecified atom stereocenters. The molecule has 4 heteroatoms. The van der Waals surface area contributed by atoms with E-state index < -0.39 is 0 Å². The van der Waals surface area contributed by atoms with Crippen LogP contribution in [0.25, 0.3) is 0 Å². The number of halogens is 1. The van der Waals surface area contributed by atoms with Crippen LogP contribution in [0.3, 0.4) is 0 Å². The van der Waals surface area contributed by atoms with Gasteiger partial charge in [-0.15, -0.1) is 0 Å². The quantitative estimate of drug-likeness (QED) is 0.895. The van der Waals surface area contributed by atoms with E-state index in [2.05, 4.69) is 12.2 Å². The molecule has 1 aromatic rings. The zero-order valence-corrected chi connectivity index (χ0v) is 12.1. The summed E-state index contributed by atoms with van der Waals surface area (Å²) in [6.45, 7) is 3.48. The lowest BCUT2D eigenvalue weighted by Gasteiger charge is -2.35. The lowest BCUT2D eigenvalue weighted by molar-refractivity contribution is -0.134. The maximum Gasteiger partial charge on any atom is 0.224 e. The van der Waals surface area contributed by atoms with E-state index in [0.717, 1.165) is 25.8 Å². The van der Waals surface area contributed by atoms with Crippen LogP contribution in [0.2, 0.25) is 0 Å². The molecule has 20 heavy (non-hydrogen) atoms. The number of hydrogen-bond donors (Lipinski definition) is 1.